The third kappa shape index (κ3) is 6.04. The summed E-state index contributed by atoms with van der Waals surface area (Å²) in [5.41, 5.74) is 0.965. The first-order valence-electron chi connectivity index (χ1n) is 12.0. The van der Waals surface area contributed by atoms with Crippen LogP contribution in [0, 0.1) is 0 Å². The van der Waals surface area contributed by atoms with Crippen LogP contribution in [0.1, 0.15) is 65.0 Å². The van der Waals surface area contributed by atoms with Crippen molar-refractivity contribution < 1.29 is 24.1 Å². The zero-order valence-corrected chi connectivity index (χ0v) is 21.1. The van der Waals surface area contributed by atoms with E-state index in [0.717, 1.165) is 43.6 Å². The average Bonchev–Trinajstić information content (AvgIpc) is 3.37. The summed E-state index contributed by atoms with van der Waals surface area (Å²) in [6.07, 6.45) is 9.06. The monoisotopic (exact) mass is 482 g/mol. The van der Waals surface area contributed by atoms with Gasteiger partial charge in [-0.25, -0.2) is 14.5 Å². The Morgan fingerprint density at radius 3 is 2.45 bits per heavy atom. The van der Waals surface area contributed by atoms with Crippen molar-refractivity contribution >= 4 is 17.4 Å². The number of thioether (sulfide) groups is 1. The molecule has 0 amide bonds. The summed E-state index contributed by atoms with van der Waals surface area (Å²) in [5, 5.41) is 17.0. The Balaban J connectivity index is 1.95. The fraction of sp³-hybridized carbons (Fsp3) is 0.783. The lowest BCUT2D eigenvalue weighted by atomic mass is 10.0. The van der Waals surface area contributed by atoms with Crippen LogP contribution < -0.4 is 0 Å². The molecule has 1 unspecified atom stereocenters. The van der Waals surface area contributed by atoms with Gasteiger partial charge < -0.3 is 24.1 Å². The Labute approximate surface area is 200 Å². The molecule has 1 fully saturated rings. The predicted octanol–water partition coefficient (Wildman–Crippen LogP) is 3.58. The molecule has 0 spiro atoms. The van der Waals surface area contributed by atoms with E-state index in [9.17, 15) is 5.11 Å². The number of fused-ring (bicyclic) bond motifs is 1. The second-order valence-corrected chi connectivity index (χ2v) is 9.06. The molecule has 9 nitrogen and oxygen atoms in total. The van der Waals surface area contributed by atoms with Gasteiger partial charge in [-0.2, -0.15) is 5.10 Å². The normalized spacial score (nSPS) is 25.3. The number of aliphatic hydroxyl groups is 1. The fourth-order valence-electron chi connectivity index (χ4n) is 3.87. The van der Waals surface area contributed by atoms with Crippen LogP contribution in [-0.4, -0.2) is 75.7 Å². The SMILES string of the molecule is CCCCOC[C@H]1OC(O)(c2cnc3c(SC)ncnn23)[C@H](OCCCC)[C@@H]1OCCCC. The van der Waals surface area contributed by atoms with Crippen molar-refractivity contribution in [1.29, 1.82) is 0 Å². The first kappa shape index (κ1) is 26.3. The molecule has 0 aromatic carbocycles. The highest BCUT2D eigenvalue weighted by atomic mass is 32.2. The van der Waals surface area contributed by atoms with Crippen molar-refractivity contribution in [2.45, 2.75) is 88.4 Å². The van der Waals surface area contributed by atoms with Crippen LogP contribution in [0.15, 0.2) is 17.6 Å². The Morgan fingerprint density at radius 2 is 1.76 bits per heavy atom. The largest absolute Gasteiger partial charge is 0.379 e. The highest BCUT2D eigenvalue weighted by molar-refractivity contribution is 7.98. The molecule has 33 heavy (non-hydrogen) atoms. The Morgan fingerprint density at radius 1 is 1.06 bits per heavy atom. The van der Waals surface area contributed by atoms with Gasteiger partial charge in [0.2, 0.25) is 5.79 Å². The van der Waals surface area contributed by atoms with Crippen LogP contribution in [0.3, 0.4) is 0 Å². The predicted molar refractivity (Wildman–Crippen MR) is 126 cm³/mol. The van der Waals surface area contributed by atoms with Gasteiger partial charge in [0.15, 0.2) is 5.65 Å². The van der Waals surface area contributed by atoms with Gasteiger partial charge in [-0.05, 0) is 25.5 Å². The highest BCUT2D eigenvalue weighted by Gasteiger charge is 2.58. The van der Waals surface area contributed by atoms with Gasteiger partial charge in [0.1, 0.15) is 35.4 Å². The molecule has 1 saturated heterocycles. The Hall–Kier alpha value is -1.30. The summed E-state index contributed by atoms with van der Waals surface area (Å²) in [4.78, 5) is 8.75. The molecule has 4 atom stereocenters. The van der Waals surface area contributed by atoms with Gasteiger partial charge in [0.05, 0.1) is 12.8 Å². The second-order valence-electron chi connectivity index (χ2n) is 8.26. The Kier molecular flexibility index (Phi) is 10.3. The second kappa shape index (κ2) is 13.0. The number of unbranched alkanes of at least 4 members (excludes halogenated alkanes) is 3. The lowest BCUT2D eigenvalue weighted by Gasteiger charge is -2.29. The Bertz CT molecular complexity index is 853. The van der Waals surface area contributed by atoms with E-state index < -0.39 is 24.1 Å². The first-order chi connectivity index (χ1) is 16.1. The minimum absolute atomic E-state index is 0.314. The van der Waals surface area contributed by atoms with E-state index >= 15 is 0 Å². The van der Waals surface area contributed by atoms with E-state index in [2.05, 4.69) is 35.8 Å². The standard InChI is InChI=1S/C23H38N4O5S/c1-5-8-11-29-15-17-19(30-12-9-6-2)20(31-13-10-7-3)23(28,32-17)18-14-24-21-22(33-4)25-16-26-27(18)21/h14,16-17,19-20,28H,5-13,15H2,1-4H3/t17-,19-,20-,23?/m1/s1. The molecule has 1 aliphatic heterocycles. The number of rotatable bonds is 15. The van der Waals surface area contributed by atoms with Gasteiger partial charge in [-0.15, -0.1) is 11.8 Å². The molecular formula is C23H38N4O5S. The number of nitrogens with zero attached hydrogens (tertiary/aromatic N) is 4. The van der Waals surface area contributed by atoms with E-state index in [4.69, 9.17) is 18.9 Å². The summed E-state index contributed by atoms with van der Waals surface area (Å²) in [5.74, 6) is -1.78. The smallest absolute Gasteiger partial charge is 0.242 e. The minimum atomic E-state index is -1.78. The summed E-state index contributed by atoms with van der Waals surface area (Å²) in [6, 6.07) is 0. The lowest BCUT2D eigenvalue weighted by molar-refractivity contribution is -0.253. The summed E-state index contributed by atoms with van der Waals surface area (Å²) >= 11 is 1.47. The first-order valence-corrected chi connectivity index (χ1v) is 13.3. The highest BCUT2D eigenvalue weighted by Crippen LogP contribution is 2.41. The molecule has 2 aromatic rings. The third-order valence-electron chi connectivity index (χ3n) is 5.74. The van der Waals surface area contributed by atoms with Crippen molar-refractivity contribution in [1.82, 2.24) is 19.6 Å². The molecule has 0 aliphatic carbocycles. The molecule has 3 rings (SSSR count). The van der Waals surface area contributed by atoms with Gasteiger partial charge in [-0.3, -0.25) is 0 Å². The van der Waals surface area contributed by atoms with Gasteiger partial charge in [0, 0.05) is 19.8 Å². The molecule has 1 N–H and O–H groups in total. The van der Waals surface area contributed by atoms with Crippen molar-refractivity contribution in [2.75, 3.05) is 32.7 Å². The molecule has 186 valence electrons. The maximum atomic E-state index is 12.0. The van der Waals surface area contributed by atoms with Crippen molar-refractivity contribution in [2.24, 2.45) is 0 Å². The fourth-order valence-corrected chi connectivity index (χ4v) is 4.34. The topological polar surface area (TPSA) is 100 Å². The van der Waals surface area contributed by atoms with Crippen molar-refractivity contribution in [3.63, 3.8) is 0 Å². The number of ether oxygens (including phenoxy) is 4. The molecule has 2 aromatic heterocycles. The van der Waals surface area contributed by atoms with Crippen LogP contribution in [0.25, 0.3) is 5.65 Å². The molecule has 0 radical (unpaired) electrons. The number of imidazole rings is 1. The van der Waals surface area contributed by atoms with Crippen LogP contribution in [-0.2, 0) is 24.7 Å². The summed E-state index contributed by atoms with van der Waals surface area (Å²) < 4.78 is 26.3. The molecule has 3 heterocycles. The summed E-state index contributed by atoms with van der Waals surface area (Å²) in [7, 11) is 0. The molecule has 10 heteroatoms. The van der Waals surface area contributed by atoms with E-state index in [1.54, 1.807) is 10.7 Å². The van der Waals surface area contributed by atoms with Gasteiger partial charge in [-0.1, -0.05) is 40.0 Å². The maximum Gasteiger partial charge on any atom is 0.242 e. The molecule has 1 aliphatic rings. The van der Waals surface area contributed by atoms with E-state index in [0.29, 0.717) is 37.8 Å². The zero-order valence-electron chi connectivity index (χ0n) is 20.2. The average molecular weight is 483 g/mol. The third-order valence-corrected chi connectivity index (χ3v) is 6.42. The minimum Gasteiger partial charge on any atom is -0.379 e. The molecular weight excluding hydrogens is 444 g/mol. The van der Waals surface area contributed by atoms with E-state index in [1.807, 2.05) is 6.26 Å². The zero-order chi connectivity index (χ0) is 23.7. The number of hydrogen-bond acceptors (Lipinski definition) is 9. The van der Waals surface area contributed by atoms with Crippen molar-refractivity contribution in [3.05, 3.63) is 18.2 Å². The van der Waals surface area contributed by atoms with Crippen LogP contribution in [0.4, 0.5) is 0 Å². The lowest BCUT2D eigenvalue weighted by Crippen LogP contribution is -2.45. The molecule has 0 saturated carbocycles. The maximum absolute atomic E-state index is 12.0. The quantitative estimate of drug-likeness (QED) is 0.301. The number of aromatic nitrogens is 4. The molecule has 0 bridgehead atoms. The van der Waals surface area contributed by atoms with Gasteiger partial charge in [0.25, 0.3) is 0 Å². The van der Waals surface area contributed by atoms with Crippen molar-refractivity contribution in [3.8, 4) is 0 Å². The van der Waals surface area contributed by atoms with Crippen LogP contribution in [0.5, 0.6) is 0 Å². The summed E-state index contributed by atoms with van der Waals surface area (Å²) in [6.45, 7) is 8.35. The van der Waals surface area contributed by atoms with Crippen LogP contribution >= 0.6 is 11.8 Å². The van der Waals surface area contributed by atoms with E-state index in [1.165, 1.54) is 18.1 Å². The number of hydrogen-bond donors (Lipinski definition) is 1. The van der Waals surface area contributed by atoms with E-state index in [-0.39, 0.29) is 0 Å². The van der Waals surface area contributed by atoms with Gasteiger partial charge >= 0.3 is 0 Å². The van der Waals surface area contributed by atoms with Crippen LogP contribution in [0.2, 0.25) is 0 Å².